The molecule has 0 spiro atoms. The lowest BCUT2D eigenvalue weighted by molar-refractivity contribution is 0.0715. The normalized spacial score (nSPS) is 16.2. The summed E-state index contributed by atoms with van der Waals surface area (Å²) in [6.07, 6.45) is 4.26. The first-order valence-electron chi connectivity index (χ1n) is 8.15. The number of hydrogen-bond acceptors (Lipinski definition) is 6. The number of aryl methyl sites for hydroxylation is 2. The Morgan fingerprint density at radius 2 is 1.96 bits per heavy atom. The molecule has 0 saturated carbocycles. The maximum absolute atomic E-state index is 12.7. The molecule has 134 valence electrons. The fraction of sp³-hybridized carbons (Fsp3) is 0.471. The Hall–Kier alpha value is -1.80. The number of amides is 1. The molecule has 6 nitrogen and oxygen atoms in total. The van der Waals surface area contributed by atoms with E-state index in [2.05, 4.69) is 9.97 Å². The first-order chi connectivity index (χ1) is 11.8. The number of carbonyl (C=O) groups excluding carboxylic acids is 1. The molecule has 0 unspecified atom stereocenters. The Balaban J connectivity index is 1.75. The number of likely N-dealkylation sites (tertiary alicyclic amines) is 1. The third-order valence-electron chi connectivity index (χ3n) is 4.47. The van der Waals surface area contributed by atoms with E-state index in [9.17, 15) is 13.2 Å². The third-order valence-corrected chi connectivity index (χ3v) is 6.67. The molecule has 3 rings (SSSR count). The summed E-state index contributed by atoms with van der Waals surface area (Å²) >= 11 is 1.43. The van der Waals surface area contributed by atoms with Crippen LogP contribution in [0.25, 0.3) is 0 Å². The van der Waals surface area contributed by atoms with E-state index in [1.54, 1.807) is 18.3 Å². The van der Waals surface area contributed by atoms with Crippen LogP contribution in [0.5, 0.6) is 0 Å². The smallest absolute Gasteiger partial charge is 0.265 e. The molecule has 0 atom stereocenters. The molecule has 8 heteroatoms. The highest BCUT2D eigenvalue weighted by molar-refractivity contribution is 7.90. The van der Waals surface area contributed by atoms with Crippen LogP contribution in [-0.2, 0) is 9.84 Å². The SMILES string of the molecule is Cc1nc(C)c(C(=O)N2CCC(c3ncccc3S(C)(=O)=O)CC2)s1. The maximum Gasteiger partial charge on any atom is 0.265 e. The first kappa shape index (κ1) is 18.0. The maximum atomic E-state index is 12.7. The quantitative estimate of drug-likeness (QED) is 0.819. The molecule has 0 radical (unpaired) electrons. The number of sulfone groups is 1. The van der Waals surface area contributed by atoms with Crippen LogP contribution in [-0.4, -0.2) is 48.5 Å². The zero-order chi connectivity index (χ0) is 18.2. The number of pyridine rings is 1. The van der Waals surface area contributed by atoms with E-state index in [1.165, 1.54) is 17.6 Å². The molecule has 0 bridgehead atoms. The van der Waals surface area contributed by atoms with Crippen molar-refractivity contribution in [1.82, 2.24) is 14.9 Å². The topological polar surface area (TPSA) is 80.2 Å². The molecule has 0 N–H and O–H groups in total. The van der Waals surface area contributed by atoms with Gasteiger partial charge < -0.3 is 4.90 Å². The van der Waals surface area contributed by atoms with Crippen molar-refractivity contribution in [2.75, 3.05) is 19.3 Å². The lowest BCUT2D eigenvalue weighted by Gasteiger charge is -2.32. The number of thiazole rings is 1. The van der Waals surface area contributed by atoms with Gasteiger partial charge in [-0.1, -0.05) is 0 Å². The second kappa shape index (κ2) is 6.84. The average molecular weight is 380 g/mol. The summed E-state index contributed by atoms with van der Waals surface area (Å²) in [5.41, 5.74) is 1.40. The van der Waals surface area contributed by atoms with Crippen LogP contribution in [0.3, 0.4) is 0 Å². The monoisotopic (exact) mass is 379 g/mol. The van der Waals surface area contributed by atoms with Gasteiger partial charge in [-0.05, 0) is 38.8 Å². The van der Waals surface area contributed by atoms with Gasteiger partial charge in [0.25, 0.3) is 5.91 Å². The lowest BCUT2D eigenvalue weighted by atomic mass is 9.93. The van der Waals surface area contributed by atoms with Gasteiger partial charge in [0.05, 0.1) is 21.3 Å². The van der Waals surface area contributed by atoms with Gasteiger partial charge in [0.2, 0.25) is 0 Å². The van der Waals surface area contributed by atoms with Gasteiger partial charge in [-0.3, -0.25) is 9.78 Å². The number of carbonyl (C=O) groups is 1. The second-order valence-electron chi connectivity index (χ2n) is 6.37. The fourth-order valence-corrected chi connectivity index (χ4v) is 5.07. The van der Waals surface area contributed by atoms with Crippen LogP contribution in [0, 0.1) is 13.8 Å². The molecule has 1 saturated heterocycles. The highest BCUT2D eigenvalue weighted by Gasteiger charge is 2.29. The van der Waals surface area contributed by atoms with E-state index in [0.29, 0.717) is 41.4 Å². The van der Waals surface area contributed by atoms with Crippen LogP contribution in [0.1, 0.15) is 44.8 Å². The molecule has 2 aromatic heterocycles. The van der Waals surface area contributed by atoms with Gasteiger partial charge in [-0.15, -0.1) is 11.3 Å². The molecular weight excluding hydrogens is 358 g/mol. The Bertz CT molecular complexity index is 898. The zero-order valence-corrected chi connectivity index (χ0v) is 16.2. The van der Waals surface area contributed by atoms with Crippen LogP contribution < -0.4 is 0 Å². The van der Waals surface area contributed by atoms with Gasteiger partial charge in [-0.2, -0.15) is 0 Å². The highest BCUT2D eigenvalue weighted by atomic mass is 32.2. The van der Waals surface area contributed by atoms with Gasteiger partial charge >= 0.3 is 0 Å². The van der Waals surface area contributed by atoms with Gasteiger partial charge in [-0.25, -0.2) is 13.4 Å². The predicted octanol–water partition coefficient (Wildman–Crippen LogP) is 2.58. The van der Waals surface area contributed by atoms with Crippen molar-refractivity contribution >= 4 is 27.1 Å². The Kier molecular flexibility index (Phi) is 4.92. The number of aromatic nitrogens is 2. The van der Waals surface area contributed by atoms with Crippen molar-refractivity contribution in [3.05, 3.63) is 39.6 Å². The number of nitrogens with zero attached hydrogens (tertiary/aromatic N) is 3. The summed E-state index contributed by atoms with van der Waals surface area (Å²) in [7, 11) is -3.31. The number of piperidine rings is 1. The van der Waals surface area contributed by atoms with Crippen LogP contribution in [0.2, 0.25) is 0 Å². The summed E-state index contributed by atoms with van der Waals surface area (Å²) in [4.78, 5) is 24.2. The van der Waals surface area contributed by atoms with Crippen molar-refractivity contribution in [2.24, 2.45) is 0 Å². The molecule has 0 aliphatic carbocycles. The largest absolute Gasteiger partial charge is 0.338 e. The summed E-state index contributed by atoms with van der Waals surface area (Å²) in [5, 5.41) is 0.891. The molecule has 1 amide bonds. The minimum absolute atomic E-state index is 0.0194. The third kappa shape index (κ3) is 3.74. The van der Waals surface area contributed by atoms with Crippen LogP contribution >= 0.6 is 11.3 Å². The van der Waals surface area contributed by atoms with Crippen molar-refractivity contribution in [3.8, 4) is 0 Å². The lowest BCUT2D eigenvalue weighted by Crippen LogP contribution is -2.38. The van der Waals surface area contributed by atoms with E-state index in [4.69, 9.17) is 0 Å². The molecule has 1 aliphatic heterocycles. The molecule has 1 fully saturated rings. The number of rotatable bonds is 3. The van der Waals surface area contributed by atoms with Gasteiger partial charge in [0.1, 0.15) is 4.88 Å². The molecule has 25 heavy (non-hydrogen) atoms. The van der Waals surface area contributed by atoms with E-state index >= 15 is 0 Å². The van der Waals surface area contributed by atoms with E-state index in [-0.39, 0.29) is 11.8 Å². The van der Waals surface area contributed by atoms with Crippen molar-refractivity contribution in [1.29, 1.82) is 0 Å². The summed E-state index contributed by atoms with van der Waals surface area (Å²) < 4.78 is 24.0. The second-order valence-corrected chi connectivity index (χ2v) is 9.56. The Morgan fingerprint density at radius 1 is 1.28 bits per heavy atom. The molecular formula is C17H21N3O3S2. The minimum atomic E-state index is -3.31. The Morgan fingerprint density at radius 3 is 2.52 bits per heavy atom. The van der Waals surface area contributed by atoms with Crippen molar-refractivity contribution < 1.29 is 13.2 Å². The average Bonchev–Trinajstić information content (AvgIpc) is 2.92. The minimum Gasteiger partial charge on any atom is -0.338 e. The van der Waals surface area contributed by atoms with Gasteiger partial charge in [0, 0.05) is 31.5 Å². The first-order valence-corrected chi connectivity index (χ1v) is 10.9. The summed E-state index contributed by atoms with van der Waals surface area (Å²) in [5.74, 6) is 0.0742. The Labute approximate surface area is 151 Å². The number of hydrogen-bond donors (Lipinski definition) is 0. The highest BCUT2D eigenvalue weighted by Crippen LogP contribution is 2.32. The zero-order valence-electron chi connectivity index (χ0n) is 14.5. The van der Waals surface area contributed by atoms with Crippen molar-refractivity contribution in [3.63, 3.8) is 0 Å². The van der Waals surface area contributed by atoms with Crippen molar-refractivity contribution in [2.45, 2.75) is 37.5 Å². The summed E-state index contributed by atoms with van der Waals surface area (Å²) in [6.45, 7) is 4.95. The predicted molar refractivity (Wildman–Crippen MR) is 96.8 cm³/mol. The summed E-state index contributed by atoms with van der Waals surface area (Å²) in [6, 6.07) is 3.26. The standard InChI is InChI=1S/C17H21N3O3S2/c1-11-16(24-12(2)19-11)17(21)20-9-6-13(7-10-20)15-14(25(3,22)23)5-4-8-18-15/h4-5,8,13H,6-7,9-10H2,1-3H3. The van der Waals surface area contributed by atoms with E-state index < -0.39 is 9.84 Å². The van der Waals surface area contributed by atoms with E-state index in [1.807, 2.05) is 18.7 Å². The fourth-order valence-electron chi connectivity index (χ4n) is 3.25. The van der Waals surface area contributed by atoms with Crippen LogP contribution in [0.4, 0.5) is 0 Å². The van der Waals surface area contributed by atoms with Gasteiger partial charge in [0.15, 0.2) is 9.84 Å². The molecule has 3 heterocycles. The van der Waals surface area contributed by atoms with Crippen LogP contribution in [0.15, 0.2) is 23.2 Å². The van der Waals surface area contributed by atoms with E-state index in [0.717, 1.165) is 10.7 Å². The molecule has 1 aliphatic rings. The molecule has 2 aromatic rings. The molecule has 0 aromatic carbocycles.